The summed E-state index contributed by atoms with van der Waals surface area (Å²) in [7, 11) is 0. The minimum atomic E-state index is -0.782. The zero-order valence-corrected chi connectivity index (χ0v) is 50.3. The Kier molecular flexibility index (Phi) is 61.7. The summed E-state index contributed by atoms with van der Waals surface area (Å²) in [5.74, 6) is -0.886. The summed E-state index contributed by atoms with van der Waals surface area (Å²) in [4.78, 5) is 38.2. The van der Waals surface area contributed by atoms with E-state index in [1.165, 1.54) is 218 Å². The average molecular weight is 1050 g/mol. The Morgan fingerprint density at radius 3 is 0.813 bits per heavy atom. The maximum absolute atomic E-state index is 12.9. The highest BCUT2D eigenvalue weighted by Gasteiger charge is 2.19. The molecule has 0 saturated heterocycles. The Morgan fingerprint density at radius 1 is 0.267 bits per heavy atom. The van der Waals surface area contributed by atoms with Crippen LogP contribution in [-0.2, 0) is 28.6 Å². The van der Waals surface area contributed by atoms with Crippen molar-refractivity contribution in [2.24, 2.45) is 0 Å². The number of carbonyl (C=O) groups is 3. The van der Waals surface area contributed by atoms with E-state index in [4.69, 9.17) is 14.2 Å². The molecule has 0 aromatic heterocycles. The SMILES string of the molecule is CCC/C=C\CCCCCCCC(=O)OCC(COC(=O)CCCCCCCCCCCCCCCCCCCCC/C=C\CCCCCCCCCC)OC(=O)CCCCCCC/C=C\C/C=C\CCCCCC. The number of ether oxygens (including phenoxy) is 3. The topological polar surface area (TPSA) is 78.9 Å². The van der Waals surface area contributed by atoms with Gasteiger partial charge in [0.2, 0.25) is 0 Å². The van der Waals surface area contributed by atoms with E-state index < -0.39 is 6.10 Å². The second kappa shape index (κ2) is 63.9. The maximum atomic E-state index is 12.9. The van der Waals surface area contributed by atoms with Crippen molar-refractivity contribution in [3.05, 3.63) is 48.6 Å². The van der Waals surface area contributed by atoms with E-state index in [0.717, 1.165) is 96.3 Å². The molecule has 0 amide bonds. The third-order valence-electron chi connectivity index (χ3n) is 14.8. The Labute approximate surface area is 467 Å². The molecule has 0 heterocycles. The first kappa shape index (κ1) is 72.4. The quantitative estimate of drug-likeness (QED) is 0.0261. The molecule has 0 spiro atoms. The molecule has 6 nitrogen and oxygen atoms in total. The number of unbranched alkanes of at least 4 members (excludes halogenated alkanes) is 42. The number of hydrogen-bond acceptors (Lipinski definition) is 6. The lowest BCUT2D eigenvalue weighted by Gasteiger charge is -2.18. The van der Waals surface area contributed by atoms with Crippen LogP contribution in [0.2, 0.25) is 0 Å². The smallest absolute Gasteiger partial charge is 0.306 e. The van der Waals surface area contributed by atoms with Gasteiger partial charge in [-0.3, -0.25) is 14.4 Å². The van der Waals surface area contributed by atoms with Gasteiger partial charge in [-0.15, -0.1) is 0 Å². The first-order valence-electron chi connectivity index (χ1n) is 33.1. The number of esters is 3. The summed E-state index contributed by atoms with van der Waals surface area (Å²) in [6, 6.07) is 0. The highest BCUT2D eigenvalue weighted by molar-refractivity contribution is 5.71. The largest absolute Gasteiger partial charge is 0.462 e. The molecule has 1 atom stereocenters. The molecule has 0 fully saturated rings. The molecule has 6 heteroatoms. The van der Waals surface area contributed by atoms with E-state index in [9.17, 15) is 14.4 Å². The van der Waals surface area contributed by atoms with Gasteiger partial charge in [-0.1, -0.05) is 288 Å². The number of allylic oxidation sites excluding steroid dienone is 8. The Bertz CT molecular complexity index is 1300. The lowest BCUT2D eigenvalue weighted by Crippen LogP contribution is -2.30. The Balaban J connectivity index is 4.09. The number of hydrogen-bond donors (Lipinski definition) is 0. The molecule has 0 N–H and O–H groups in total. The predicted molar refractivity (Wildman–Crippen MR) is 325 cm³/mol. The third kappa shape index (κ3) is 62.1. The van der Waals surface area contributed by atoms with Gasteiger partial charge in [-0.2, -0.15) is 0 Å². The lowest BCUT2D eigenvalue weighted by atomic mass is 10.0. The Hall–Kier alpha value is -2.63. The molecule has 0 aromatic carbocycles. The van der Waals surface area contributed by atoms with Crippen molar-refractivity contribution in [1.29, 1.82) is 0 Å². The van der Waals surface area contributed by atoms with Crippen LogP contribution in [0, 0.1) is 0 Å². The van der Waals surface area contributed by atoms with Crippen LogP contribution in [0.4, 0.5) is 0 Å². The molecule has 0 bridgehead atoms. The van der Waals surface area contributed by atoms with Crippen LogP contribution < -0.4 is 0 Å². The van der Waals surface area contributed by atoms with Crippen molar-refractivity contribution in [3.8, 4) is 0 Å². The third-order valence-corrected chi connectivity index (χ3v) is 14.8. The molecule has 0 aliphatic rings. The van der Waals surface area contributed by atoms with Gasteiger partial charge < -0.3 is 14.2 Å². The molecule has 75 heavy (non-hydrogen) atoms. The van der Waals surface area contributed by atoms with Crippen LogP contribution in [0.25, 0.3) is 0 Å². The summed E-state index contributed by atoms with van der Waals surface area (Å²) in [5, 5.41) is 0. The minimum absolute atomic E-state index is 0.0785. The highest BCUT2D eigenvalue weighted by atomic mass is 16.6. The van der Waals surface area contributed by atoms with Crippen molar-refractivity contribution in [2.45, 2.75) is 361 Å². The summed E-state index contributed by atoms with van der Waals surface area (Å²) < 4.78 is 16.9. The van der Waals surface area contributed by atoms with Gasteiger partial charge >= 0.3 is 17.9 Å². The van der Waals surface area contributed by atoms with Crippen LogP contribution in [0.1, 0.15) is 355 Å². The van der Waals surface area contributed by atoms with Crippen molar-refractivity contribution in [3.63, 3.8) is 0 Å². The van der Waals surface area contributed by atoms with Crippen molar-refractivity contribution in [2.75, 3.05) is 13.2 Å². The van der Waals surface area contributed by atoms with Gasteiger partial charge in [0.1, 0.15) is 13.2 Å². The molecule has 0 aliphatic heterocycles. The Morgan fingerprint density at radius 2 is 0.507 bits per heavy atom. The van der Waals surface area contributed by atoms with Crippen LogP contribution in [0.5, 0.6) is 0 Å². The molecular formula is C69H126O6. The molecular weight excluding hydrogens is 925 g/mol. The fourth-order valence-electron chi connectivity index (χ4n) is 9.77. The zero-order valence-electron chi connectivity index (χ0n) is 50.3. The summed E-state index contributed by atoms with van der Waals surface area (Å²) in [6.07, 6.45) is 80.1. The van der Waals surface area contributed by atoms with Gasteiger partial charge in [0.25, 0.3) is 0 Å². The van der Waals surface area contributed by atoms with E-state index in [0.29, 0.717) is 19.3 Å². The molecule has 0 radical (unpaired) electrons. The van der Waals surface area contributed by atoms with Crippen molar-refractivity contribution >= 4 is 17.9 Å². The maximum Gasteiger partial charge on any atom is 0.306 e. The predicted octanol–water partition coefficient (Wildman–Crippen LogP) is 22.6. The fraction of sp³-hybridized carbons (Fsp3) is 0.841. The molecule has 1 unspecified atom stereocenters. The number of rotatable bonds is 61. The second-order valence-corrected chi connectivity index (χ2v) is 22.4. The van der Waals surface area contributed by atoms with E-state index >= 15 is 0 Å². The summed E-state index contributed by atoms with van der Waals surface area (Å²) in [5.41, 5.74) is 0. The highest BCUT2D eigenvalue weighted by Crippen LogP contribution is 2.17. The van der Waals surface area contributed by atoms with Gasteiger partial charge in [0.05, 0.1) is 0 Å². The van der Waals surface area contributed by atoms with E-state index in [-0.39, 0.29) is 31.1 Å². The first-order valence-corrected chi connectivity index (χ1v) is 33.1. The first-order chi connectivity index (χ1) is 37.0. The summed E-state index contributed by atoms with van der Waals surface area (Å²) >= 11 is 0. The normalized spacial score (nSPS) is 12.3. The van der Waals surface area contributed by atoms with Gasteiger partial charge in [-0.25, -0.2) is 0 Å². The molecule has 0 rings (SSSR count). The van der Waals surface area contributed by atoms with E-state index in [2.05, 4.69) is 69.4 Å². The summed E-state index contributed by atoms with van der Waals surface area (Å²) in [6.45, 7) is 6.58. The van der Waals surface area contributed by atoms with Crippen molar-refractivity contribution in [1.82, 2.24) is 0 Å². The van der Waals surface area contributed by atoms with E-state index in [1.54, 1.807) is 0 Å². The van der Waals surface area contributed by atoms with Crippen LogP contribution in [0.15, 0.2) is 48.6 Å². The average Bonchev–Trinajstić information content (AvgIpc) is 3.41. The molecule has 0 aliphatic carbocycles. The van der Waals surface area contributed by atoms with Crippen LogP contribution in [-0.4, -0.2) is 37.2 Å². The molecule has 0 aromatic rings. The minimum Gasteiger partial charge on any atom is -0.462 e. The van der Waals surface area contributed by atoms with Crippen LogP contribution in [0.3, 0.4) is 0 Å². The number of carbonyl (C=O) groups excluding carboxylic acids is 3. The molecule has 438 valence electrons. The second-order valence-electron chi connectivity index (χ2n) is 22.4. The van der Waals surface area contributed by atoms with E-state index in [1.807, 2.05) is 0 Å². The monoisotopic (exact) mass is 1050 g/mol. The van der Waals surface area contributed by atoms with Crippen LogP contribution >= 0.6 is 0 Å². The lowest BCUT2D eigenvalue weighted by molar-refractivity contribution is -0.167. The standard InChI is InChI=1S/C69H126O6/c1-4-7-10-13-16-19-22-24-26-28-29-30-31-32-33-34-35-36-37-38-39-40-41-42-44-45-47-50-53-56-59-62-68(71)74-65-66(64-73-67(70)61-58-55-52-49-21-18-15-12-9-6-3)75-69(72)63-60-57-54-51-48-46-43-27-25-23-20-17-14-11-8-5-2/h12,15,20,23,27-29,43,66H,4-11,13-14,16-19,21-22,24-26,30-42,44-65H2,1-3H3/b15-12-,23-20-,29-28-,43-27-. The fourth-order valence-corrected chi connectivity index (χ4v) is 9.77. The van der Waals surface area contributed by atoms with Gasteiger partial charge in [0, 0.05) is 19.3 Å². The molecule has 0 saturated carbocycles. The zero-order chi connectivity index (χ0) is 54.3. The van der Waals surface area contributed by atoms with Gasteiger partial charge in [0.15, 0.2) is 6.10 Å². The van der Waals surface area contributed by atoms with Crippen molar-refractivity contribution < 1.29 is 28.6 Å². The van der Waals surface area contributed by atoms with Gasteiger partial charge in [-0.05, 0) is 96.3 Å².